The fourth-order valence-corrected chi connectivity index (χ4v) is 2.80. The summed E-state index contributed by atoms with van der Waals surface area (Å²) in [5.41, 5.74) is -0.253. The molecule has 0 unspecified atom stereocenters. The first-order valence-electron chi connectivity index (χ1n) is 5.89. The van der Waals surface area contributed by atoms with Crippen LogP contribution in [0.15, 0.2) is 17.0 Å². The molecule has 1 N–H and O–H groups in total. The Labute approximate surface area is 117 Å². The molecular weight excluding hydrogens is 288 g/mol. The SMILES string of the molecule is CCN(C)S(=O)(=O)c1c(F)cc(F)cc1C#CCCO. The van der Waals surface area contributed by atoms with E-state index in [0.717, 1.165) is 10.4 Å². The molecule has 0 saturated carbocycles. The van der Waals surface area contributed by atoms with Crippen LogP contribution in [0.25, 0.3) is 0 Å². The lowest BCUT2D eigenvalue weighted by atomic mass is 10.2. The summed E-state index contributed by atoms with van der Waals surface area (Å²) >= 11 is 0. The Bertz CT molecular complexity index is 648. The van der Waals surface area contributed by atoms with Crippen molar-refractivity contribution in [3.8, 4) is 11.8 Å². The van der Waals surface area contributed by atoms with Gasteiger partial charge in [-0.15, -0.1) is 0 Å². The van der Waals surface area contributed by atoms with Crippen molar-refractivity contribution in [2.75, 3.05) is 20.2 Å². The molecule has 0 fully saturated rings. The number of hydrogen-bond donors (Lipinski definition) is 1. The summed E-state index contributed by atoms with van der Waals surface area (Å²) in [5, 5.41) is 8.63. The molecule has 20 heavy (non-hydrogen) atoms. The second-order valence-corrected chi connectivity index (χ2v) is 5.94. The molecule has 0 heterocycles. The van der Waals surface area contributed by atoms with Crippen LogP contribution < -0.4 is 0 Å². The summed E-state index contributed by atoms with van der Waals surface area (Å²) in [5.74, 6) is 2.75. The van der Waals surface area contributed by atoms with Crippen LogP contribution in [-0.2, 0) is 10.0 Å². The topological polar surface area (TPSA) is 57.6 Å². The number of aliphatic hydroxyl groups excluding tert-OH is 1. The smallest absolute Gasteiger partial charge is 0.246 e. The van der Waals surface area contributed by atoms with Gasteiger partial charge in [-0.2, -0.15) is 0 Å². The first-order chi connectivity index (χ1) is 9.34. The van der Waals surface area contributed by atoms with Crippen LogP contribution in [0.4, 0.5) is 8.78 Å². The van der Waals surface area contributed by atoms with Crippen molar-refractivity contribution in [1.82, 2.24) is 4.31 Å². The van der Waals surface area contributed by atoms with E-state index < -0.39 is 26.6 Å². The van der Waals surface area contributed by atoms with E-state index in [9.17, 15) is 17.2 Å². The van der Waals surface area contributed by atoms with Gasteiger partial charge in [-0.1, -0.05) is 18.8 Å². The van der Waals surface area contributed by atoms with Gasteiger partial charge in [0.05, 0.1) is 12.2 Å². The molecule has 0 atom stereocenters. The van der Waals surface area contributed by atoms with Crippen molar-refractivity contribution in [2.45, 2.75) is 18.2 Å². The molecule has 0 aliphatic carbocycles. The first-order valence-corrected chi connectivity index (χ1v) is 7.33. The molecule has 1 aromatic carbocycles. The molecule has 110 valence electrons. The Morgan fingerprint density at radius 2 is 2.00 bits per heavy atom. The molecule has 0 amide bonds. The second-order valence-electron chi connectivity index (χ2n) is 3.96. The number of hydrogen-bond acceptors (Lipinski definition) is 3. The summed E-state index contributed by atoms with van der Waals surface area (Å²) in [6.07, 6.45) is 0.0846. The fourth-order valence-electron chi connectivity index (χ4n) is 1.45. The minimum absolute atomic E-state index is 0.0846. The third-order valence-corrected chi connectivity index (χ3v) is 4.59. The van der Waals surface area contributed by atoms with Crippen molar-refractivity contribution in [3.05, 3.63) is 29.3 Å². The Hall–Kier alpha value is -1.49. The van der Waals surface area contributed by atoms with Crippen molar-refractivity contribution >= 4 is 10.0 Å². The maximum absolute atomic E-state index is 13.8. The van der Waals surface area contributed by atoms with E-state index in [1.54, 1.807) is 6.92 Å². The number of rotatable bonds is 4. The van der Waals surface area contributed by atoms with Gasteiger partial charge in [0.25, 0.3) is 0 Å². The Morgan fingerprint density at radius 3 is 2.55 bits per heavy atom. The van der Waals surface area contributed by atoms with Crippen LogP contribution >= 0.6 is 0 Å². The monoisotopic (exact) mass is 303 g/mol. The summed E-state index contributed by atoms with van der Waals surface area (Å²) < 4.78 is 52.4. The lowest BCUT2D eigenvalue weighted by molar-refractivity contribution is 0.305. The number of sulfonamides is 1. The predicted molar refractivity (Wildman–Crippen MR) is 70.4 cm³/mol. The maximum Gasteiger partial charge on any atom is 0.246 e. The van der Waals surface area contributed by atoms with E-state index in [1.807, 2.05) is 0 Å². The van der Waals surface area contributed by atoms with E-state index >= 15 is 0 Å². The molecular formula is C13H15F2NO3S. The van der Waals surface area contributed by atoms with Gasteiger partial charge in [0.1, 0.15) is 16.5 Å². The lowest BCUT2D eigenvalue weighted by Gasteiger charge is -2.16. The van der Waals surface area contributed by atoms with Crippen LogP contribution in [-0.4, -0.2) is 38.0 Å². The van der Waals surface area contributed by atoms with Gasteiger partial charge in [0.15, 0.2) is 0 Å². The average molecular weight is 303 g/mol. The van der Waals surface area contributed by atoms with Gasteiger partial charge in [-0.25, -0.2) is 21.5 Å². The van der Waals surface area contributed by atoms with Crippen LogP contribution in [0.3, 0.4) is 0 Å². The predicted octanol–water partition coefficient (Wildman–Crippen LogP) is 1.34. The van der Waals surface area contributed by atoms with Gasteiger partial charge in [-0.3, -0.25) is 0 Å². The zero-order valence-electron chi connectivity index (χ0n) is 11.2. The highest BCUT2D eigenvalue weighted by molar-refractivity contribution is 7.89. The molecule has 0 aliphatic heterocycles. The first kappa shape index (κ1) is 16.6. The maximum atomic E-state index is 13.8. The number of halogens is 2. The third kappa shape index (κ3) is 3.54. The highest BCUT2D eigenvalue weighted by atomic mass is 32.2. The number of benzene rings is 1. The summed E-state index contributed by atoms with van der Waals surface area (Å²) in [6, 6.07) is 1.37. The number of nitrogens with zero attached hydrogens (tertiary/aromatic N) is 1. The Kier molecular flexibility index (Phi) is 5.62. The van der Waals surface area contributed by atoms with Crippen molar-refractivity contribution in [1.29, 1.82) is 0 Å². The highest BCUT2D eigenvalue weighted by Crippen LogP contribution is 2.23. The van der Waals surface area contributed by atoms with Crippen molar-refractivity contribution in [3.63, 3.8) is 0 Å². The molecule has 1 rings (SSSR count). The normalized spacial score (nSPS) is 11.3. The fraction of sp³-hybridized carbons (Fsp3) is 0.385. The molecule has 0 spiro atoms. The van der Waals surface area contributed by atoms with Gasteiger partial charge >= 0.3 is 0 Å². The van der Waals surface area contributed by atoms with Gasteiger partial charge in [0, 0.05) is 26.1 Å². The number of aliphatic hydroxyl groups is 1. The van der Waals surface area contributed by atoms with E-state index in [2.05, 4.69) is 11.8 Å². The summed E-state index contributed by atoms with van der Waals surface area (Å²) in [7, 11) is -2.78. The molecule has 7 heteroatoms. The summed E-state index contributed by atoms with van der Waals surface area (Å²) in [6.45, 7) is 1.51. The van der Waals surface area contributed by atoms with Crippen molar-refractivity contribution < 1.29 is 22.3 Å². The van der Waals surface area contributed by atoms with Crippen LogP contribution in [0.1, 0.15) is 18.9 Å². The van der Waals surface area contributed by atoms with E-state index in [4.69, 9.17) is 5.11 Å². The minimum Gasteiger partial charge on any atom is -0.395 e. The zero-order chi connectivity index (χ0) is 15.3. The van der Waals surface area contributed by atoms with Crippen molar-refractivity contribution in [2.24, 2.45) is 0 Å². The van der Waals surface area contributed by atoms with E-state index in [1.165, 1.54) is 7.05 Å². The van der Waals surface area contributed by atoms with Gasteiger partial charge in [0.2, 0.25) is 10.0 Å². The van der Waals surface area contributed by atoms with Gasteiger partial charge < -0.3 is 5.11 Å². The van der Waals surface area contributed by atoms with Crippen LogP contribution in [0, 0.1) is 23.5 Å². The average Bonchev–Trinajstić information content (AvgIpc) is 2.36. The third-order valence-electron chi connectivity index (χ3n) is 2.58. The molecule has 0 bridgehead atoms. The second kappa shape index (κ2) is 6.79. The molecule has 4 nitrogen and oxygen atoms in total. The van der Waals surface area contributed by atoms with Gasteiger partial charge in [-0.05, 0) is 6.07 Å². The molecule has 1 aromatic rings. The van der Waals surface area contributed by atoms with E-state index in [-0.39, 0.29) is 25.1 Å². The molecule has 0 aromatic heterocycles. The quantitative estimate of drug-likeness (QED) is 0.854. The zero-order valence-corrected chi connectivity index (χ0v) is 12.0. The standard InChI is InChI=1S/C13H15F2NO3S/c1-3-16(2)20(18,19)13-10(6-4-5-7-17)8-11(14)9-12(13)15/h8-9,17H,3,5,7H2,1-2H3. The largest absolute Gasteiger partial charge is 0.395 e. The minimum atomic E-state index is -4.08. The van der Waals surface area contributed by atoms with Crippen LogP contribution in [0.2, 0.25) is 0 Å². The lowest BCUT2D eigenvalue weighted by Crippen LogP contribution is -2.28. The molecule has 0 aliphatic rings. The Balaban J connectivity index is 3.50. The van der Waals surface area contributed by atoms with Crippen LogP contribution in [0.5, 0.6) is 0 Å². The highest BCUT2D eigenvalue weighted by Gasteiger charge is 2.27. The summed E-state index contributed by atoms with van der Waals surface area (Å²) in [4.78, 5) is -0.645. The Morgan fingerprint density at radius 1 is 1.35 bits per heavy atom. The molecule has 0 radical (unpaired) electrons. The molecule has 0 saturated heterocycles. The van der Waals surface area contributed by atoms with E-state index in [0.29, 0.717) is 6.07 Å².